The van der Waals surface area contributed by atoms with Crippen LogP contribution in [0.15, 0.2) is 54.6 Å². The first-order chi connectivity index (χ1) is 14.6. The van der Waals surface area contributed by atoms with Crippen LogP contribution in [-0.4, -0.2) is 21.8 Å². The molecule has 5 nitrogen and oxygen atoms in total. The minimum Gasteiger partial charge on any atom is -0.450 e. The number of carbonyl (C=O) groups is 1. The molecule has 0 saturated heterocycles. The largest absolute Gasteiger partial charge is 0.450 e. The molecule has 0 aliphatic rings. The highest BCUT2D eigenvalue weighted by atomic mass is 32.1. The summed E-state index contributed by atoms with van der Waals surface area (Å²) in [6.45, 7) is 5.03. The number of rotatable bonds is 8. The fraction of sp³-hybridized carbons (Fsp3) is 0.333. The number of unbranched alkanes of at least 4 members (excludes halogenated alkanes) is 1. The van der Waals surface area contributed by atoms with Crippen LogP contribution in [0.2, 0.25) is 0 Å². The van der Waals surface area contributed by atoms with E-state index in [2.05, 4.69) is 33.5 Å². The molecule has 1 aromatic heterocycles. The summed E-state index contributed by atoms with van der Waals surface area (Å²) in [6.07, 6.45) is 2.62. The molecule has 0 aliphatic heterocycles. The monoisotopic (exact) mass is 423 g/mol. The van der Waals surface area contributed by atoms with E-state index in [1.165, 1.54) is 11.3 Å². The predicted octanol–water partition coefficient (Wildman–Crippen LogP) is 6.18. The zero-order valence-electron chi connectivity index (χ0n) is 17.9. The summed E-state index contributed by atoms with van der Waals surface area (Å²) >= 11 is 5.84. The minimum atomic E-state index is -0.454. The molecule has 0 bridgehead atoms. The molecule has 6 heteroatoms. The molecule has 0 aliphatic carbocycles. The lowest BCUT2D eigenvalue weighted by Gasteiger charge is -2.14. The van der Waals surface area contributed by atoms with Crippen molar-refractivity contribution in [1.29, 1.82) is 0 Å². The first-order valence-electron chi connectivity index (χ1n) is 10.4. The maximum Gasteiger partial charge on any atom is 0.411 e. The number of nitrogens with zero attached hydrogens (tertiary/aromatic N) is 2. The number of para-hydroxylation sites is 1. The third kappa shape index (κ3) is 4.82. The number of amides is 1. The summed E-state index contributed by atoms with van der Waals surface area (Å²) in [7, 11) is 2.00. The number of nitrogens with one attached hydrogen (secondary N) is 1. The van der Waals surface area contributed by atoms with E-state index in [9.17, 15) is 4.79 Å². The van der Waals surface area contributed by atoms with Crippen molar-refractivity contribution in [3.63, 3.8) is 0 Å². The van der Waals surface area contributed by atoms with Gasteiger partial charge < -0.3 is 13.9 Å². The van der Waals surface area contributed by atoms with Gasteiger partial charge in [0.15, 0.2) is 4.77 Å². The molecule has 2 aromatic carbocycles. The van der Waals surface area contributed by atoms with Gasteiger partial charge in [0.05, 0.1) is 24.5 Å². The second-order valence-electron chi connectivity index (χ2n) is 7.20. The van der Waals surface area contributed by atoms with Crippen molar-refractivity contribution in [2.45, 2.75) is 39.7 Å². The smallest absolute Gasteiger partial charge is 0.411 e. The Labute approximate surface area is 183 Å². The summed E-state index contributed by atoms with van der Waals surface area (Å²) in [5.41, 5.74) is 5.10. The Hall–Kier alpha value is -2.86. The molecule has 158 valence electrons. The van der Waals surface area contributed by atoms with Crippen molar-refractivity contribution in [2.75, 3.05) is 11.9 Å². The van der Waals surface area contributed by atoms with Gasteiger partial charge in [-0.2, -0.15) is 0 Å². The van der Waals surface area contributed by atoms with Crippen LogP contribution < -0.4 is 5.32 Å². The van der Waals surface area contributed by atoms with Crippen molar-refractivity contribution in [1.82, 2.24) is 9.13 Å². The van der Waals surface area contributed by atoms with Crippen LogP contribution >= 0.6 is 12.2 Å². The summed E-state index contributed by atoms with van der Waals surface area (Å²) < 4.78 is 10.1. The minimum absolute atomic E-state index is 0.327. The van der Waals surface area contributed by atoms with Gasteiger partial charge in [-0.25, -0.2) is 4.79 Å². The van der Waals surface area contributed by atoms with E-state index in [1.54, 1.807) is 6.92 Å². The maximum absolute atomic E-state index is 12.1. The standard InChI is InChI=1S/C24H29N3O2S/c1-4-6-16-21-22(19-14-10-11-15-20(19)25-23(28)29-5-2)26(3)24(30)27(21)17-18-12-8-7-9-13-18/h7-15H,4-6,16-17H2,1-3H3,(H,25,28). The van der Waals surface area contributed by atoms with Gasteiger partial charge in [-0.1, -0.05) is 61.9 Å². The molecule has 0 fully saturated rings. The number of ether oxygens (including phenoxy) is 1. The van der Waals surface area contributed by atoms with Gasteiger partial charge in [-0.3, -0.25) is 5.32 Å². The molecule has 0 unspecified atom stereocenters. The van der Waals surface area contributed by atoms with E-state index < -0.39 is 6.09 Å². The highest BCUT2D eigenvalue weighted by Crippen LogP contribution is 2.33. The third-order valence-corrected chi connectivity index (χ3v) is 5.59. The fourth-order valence-corrected chi connectivity index (χ4v) is 3.92. The van der Waals surface area contributed by atoms with Crippen LogP contribution in [0.1, 0.15) is 37.9 Å². The van der Waals surface area contributed by atoms with Gasteiger partial charge in [-0.15, -0.1) is 0 Å². The first-order valence-corrected chi connectivity index (χ1v) is 10.8. The maximum atomic E-state index is 12.1. The second kappa shape index (κ2) is 10.3. The topological polar surface area (TPSA) is 48.2 Å². The Morgan fingerprint density at radius 3 is 2.47 bits per heavy atom. The van der Waals surface area contributed by atoms with Crippen LogP contribution in [0.4, 0.5) is 10.5 Å². The molecule has 1 heterocycles. The molecular formula is C24H29N3O2S. The molecule has 0 atom stereocenters. The second-order valence-corrected chi connectivity index (χ2v) is 7.57. The number of anilines is 1. The van der Waals surface area contributed by atoms with E-state index in [0.717, 1.165) is 47.5 Å². The average Bonchev–Trinajstić information content (AvgIpc) is 2.98. The Morgan fingerprint density at radius 1 is 1.07 bits per heavy atom. The van der Waals surface area contributed by atoms with Crippen LogP contribution in [0.3, 0.4) is 0 Å². The Kier molecular flexibility index (Phi) is 7.46. The van der Waals surface area contributed by atoms with Crippen LogP contribution in [0, 0.1) is 4.77 Å². The molecule has 0 radical (unpaired) electrons. The molecular weight excluding hydrogens is 394 g/mol. The Balaban J connectivity index is 2.12. The normalized spacial score (nSPS) is 10.8. The van der Waals surface area contributed by atoms with Gasteiger partial charge in [0.1, 0.15) is 0 Å². The summed E-state index contributed by atoms with van der Waals surface area (Å²) in [4.78, 5) is 12.1. The summed E-state index contributed by atoms with van der Waals surface area (Å²) in [5.74, 6) is 0. The van der Waals surface area contributed by atoms with Crippen LogP contribution in [0.25, 0.3) is 11.3 Å². The average molecular weight is 424 g/mol. The van der Waals surface area contributed by atoms with Crippen molar-refractivity contribution < 1.29 is 9.53 Å². The number of aromatic nitrogens is 2. The molecule has 0 saturated carbocycles. The summed E-state index contributed by atoms with van der Waals surface area (Å²) in [5, 5.41) is 2.88. The van der Waals surface area contributed by atoms with Crippen molar-refractivity contribution >= 4 is 24.0 Å². The lowest BCUT2D eigenvalue weighted by Crippen LogP contribution is -2.14. The quantitative estimate of drug-likeness (QED) is 0.440. The third-order valence-electron chi connectivity index (χ3n) is 5.10. The fourth-order valence-electron chi connectivity index (χ4n) is 3.65. The first kappa shape index (κ1) is 21.8. The Morgan fingerprint density at radius 2 is 1.77 bits per heavy atom. The lowest BCUT2D eigenvalue weighted by atomic mass is 10.0. The molecule has 30 heavy (non-hydrogen) atoms. The van der Waals surface area contributed by atoms with Crippen molar-refractivity contribution in [2.24, 2.45) is 7.05 Å². The Bertz CT molecular complexity index is 1050. The van der Waals surface area contributed by atoms with Crippen molar-refractivity contribution in [3.8, 4) is 11.3 Å². The van der Waals surface area contributed by atoms with Crippen LogP contribution in [-0.2, 0) is 24.8 Å². The van der Waals surface area contributed by atoms with Gasteiger partial charge in [0, 0.05) is 18.3 Å². The lowest BCUT2D eigenvalue weighted by molar-refractivity contribution is 0.168. The molecule has 0 spiro atoms. The molecule has 1 N–H and O–H groups in total. The van der Waals surface area contributed by atoms with Crippen molar-refractivity contribution in [3.05, 3.63) is 70.6 Å². The molecule has 1 amide bonds. The molecule has 3 rings (SSSR count). The number of carbonyl (C=O) groups excluding carboxylic acids is 1. The van der Waals surface area contributed by atoms with E-state index in [0.29, 0.717) is 6.61 Å². The predicted molar refractivity (Wildman–Crippen MR) is 124 cm³/mol. The highest BCUT2D eigenvalue weighted by Gasteiger charge is 2.20. The number of benzene rings is 2. The van der Waals surface area contributed by atoms with Gasteiger partial charge in [0.25, 0.3) is 0 Å². The zero-order valence-corrected chi connectivity index (χ0v) is 18.7. The zero-order chi connectivity index (χ0) is 21.5. The molecule has 3 aromatic rings. The van der Waals surface area contributed by atoms with Gasteiger partial charge in [0.2, 0.25) is 0 Å². The summed E-state index contributed by atoms with van der Waals surface area (Å²) in [6, 6.07) is 18.2. The highest BCUT2D eigenvalue weighted by molar-refractivity contribution is 7.71. The number of imidazole rings is 1. The SMILES string of the molecule is CCCCc1c(-c2ccccc2NC(=O)OCC)n(C)c(=S)n1Cc1ccccc1. The number of hydrogen-bond donors (Lipinski definition) is 1. The van der Waals surface area contributed by atoms with Crippen LogP contribution in [0.5, 0.6) is 0 Å². The van der Waals surface area contributed by atoms with E-state index in [1.807, 2.05) is 49.5 Å². The van der Waals surface area contributed by atoms with E-state index in [4.69, 9.17) is 17.0 Å². The van der Waals surface area contributed by atoms with Gasteiger partial charge >= 0.3 is 6.09 Å². The van der Waals surface area contributed by atoms with E-state index in [-0.39, 0.29) is 0 Å². The number of hydrogen-bond acceptors (Lipinski definition) is 3. The van der Waals surface area contributed by atoms with Gasteiger partial charge in [-0.05, 0) is 43.6 Å². The van der Waals surface area contributed by atoms with E-state index >= 15 is 0 Å².